The van der Waals surface area contributed by atoms with Gasteiger partial charge in [-0.2, -0.15) is 5.26 Å². The molecule has 1 amide bonds. The molecule has 2 rings (SSSR count). The quantitative estimate of drug-likeness (QED) is 0.872. The predicted molar refractivity (Wildman–Crippen MR) is 61.4 cm³/mol. The Morgan fingerprint density at radius 2 is 2.39 bits per heavy atom. The van der Waals surface area contributed by atoms with Crippen molar-refractivity contribution in [3.8, 4) is 6.07 Å². The van der Waals surface area contributed by atoms with E-state index in [0.29, 0.717) is 11.3 Å². The van der Waals surface area contributed by atoms with Crippen LogP contribution in [0.3, 0.4) is 0 Å². The molecule has 0 aliphatic rings. The van der Waals surface area contributed by atoms with Gasteiger partial charge in [-0.05, 0) is 19.1 Å². The SMILES string of the molecule is Cc1cc(CNC(=O)c2ccc(C#N)cn2)on1. The highest BCUT2D eigenvalue weighted by Crippen LogP contribution is 2.03. The highest BCUT2D eigenvalue weighted by atomic mass is 16.5. The van der Waals surface area contributed by atoms with Crippen LogP contribution in [0, 0.1) is 18.3 Å². The second kappa shape index (κ2) is 5.10. The molecule has 2 aromatic rings. The van der Waals surface area contributed by atoms with Crippen molar-refractivity contribution in [3.63, 3.8) is 0 Å². The molecule has 0 atom stereocenters. The fourth-order valence-electron chi connectivity index (χ4n) is 1.35. The summed E-state index contributed by atoms with van der Waals surface area (Å²) in [6.45, 7) is 2.05. The third kappa shape index (κ3) is 2.71. The van der Waals surface area contributed by atoms with E-state index in [1.54, 1.807) is 19.1 Å². The first-order chi connectivity index (χ1) is 8.69. The number of rotatable bonds is 3. The zero-order valence-electron chi connectivity index (χ0n) is 9.67. The van der Waals surface area contributed by atoms with Gasteiger partial charge in [-0.1, -0.05) is 5.16 Å². The van der Waals surface area contributed by atoms with Gasteiger partial charge in [-0.3, -0.25) is 4.79 Å². The highest BCUT2D eigenvalue weighted by molar-refractivity contribution is 5.92. The van der Waals surface area contributed by atoms with Gasteiger partial charge in [0.15, 0.2) is 5.76 Å². The summed E-state index contributed by atoms with van der Waals surface area (Å²) in [6.07, 6.45) is 1.35. The first kappa shape index (κ1) is 11.8. The number of nitrogens with one attached hydrogen (secondary N) is 1. The van der Waals surface area contributed by atoms with Crippen molar-refractivity contribution < 1.29 is 9.32 Å². The maximum absolute atomic E-state index is 11.7. The summed E-state index contributed by atoms with van der Waals surface area (Å²) in [7, 11) is 0. The summed E-state index contributed by atoms with van der Waals surface area (Å²) in [5.41, 5.74) is 1.43. The average molecular weight is 242 g/mol. The molecule has 0 saturated heterocycles. The van der Waals surface area contributed by atoms with Gasteiger partial charge in [0.1, 0.15) is 11.8 Å². The zero-order valence-corrected chi connectivity index (χ0v) is 9.67. The molecule has 0 aliphatic heterocycles. The second-order valence-electron chi connectivity index (χ2n) is 3.66. The molecule has 0 saturated carbocycles. The summed E-state index contributed by atoms with van der Waals surface area (Å²) < 4.78 is 4.96. The summed E-state index contributed by atoms with van der Waals surface area (Å²) >= 11 is 0. The number of carbonyl (C=O) groups excluding carboxylic acids is 1. The number of aryl methyl sites for hydroxylation is 1. The summed E-state index contributed by atoms with van der Waals surface area (Å²) in [5.74, 6) is 0.253. The Morgan fingerprint density at radius 3 is 2.94 bits per heavy atom. The van der Waals surface area contributed by atoms with Gasteiger partial charge in [-0.25, -0.2) is 4.98 Å². The Hall–Kier alpha value is -2.68. The van der Waals surface area contributed by atoms with Crippen LogP contribution in [0.25, 0.3) is 0 Å². The van der Waals surface area contributed by atoms with Crippen LogP contribution in [0.1, 0.15) is 27.5 Å². The molecule has 0 bridgehead atoms. The van der Waals surface area contributed by atoms with Crippen molar-refractivity contribution in [3.05, 3.63) is 47.1 Å². The first-order valence-corrected chi connectivity index (χ1v) is 5.25. The van der Waals surface area contributed by atoms with Gasteiger partial charge in [0.2, 0.25) is 0 Å². The molecule has 0 fully saturated rings. The maximum Gasteiger partial charge on any atom is 0.270 e. The number of pyridine rings is 1. The smallest absolute Gasteiger partial charge is 0.270 e. The van der Waals surface area contributed by atoms with Crippen LogP contribution in [0.2, 0.25) is 0 Å². The summed E-state index contributed by atoms with van der Waals surface area (Å²) in [4.78, 5) is 15.6. The van der Waals surface area contributed by atoms with Gasteiger partial charge in [0.25, 0.3) is 5.91 Å². The molecular formula is C12H10N4O2. The minimum atomic E-state index is -0.325. The van der Waals surface area contributed by atoms with E-state index in [-0.39, 0.29) is 18.1 Å². The predicted octanol–water partition coefficient (Wildman–Crippen LogP) is 1.18. The van der Waals surface area contributed by atoms with Crippen molar-refractivity contribution in [2.75, 3.05) is 0 Å². The number of carbonyl (C=O) groups is 1. The van der Waals surface area contributed by atoms with Gasteiger partial charge in [0, 0.05) is 12.3 Å². The monoisotopic (exact) mass is 242 g/mol. The van der Waals surface area contributed by atoms with Crippen molar-refractivity contribution in [1.29, 1.82) is 5.26 Å². The first-order valence-electron chi connectivity index (χ1n) is 5.25. The standard InChI is InChI=1S/C12H10N4O2/c1-8-4-10(18-16-8)7-15-12(17)11-3-2-9(5-13)6-14-11/h2-4,6H,7H2,1H3,(H,15,17). The minimum absolute atomic E-state index is 0.251. The number of hydrogen-bond donors (Lipinski definition) is 1. The van der Waals surface area contributed by atoms with Crippen molar-refractivity contribution >= 4 is 5.91 Å². The number of aromatic nitrogens is 2. The van der Waals surface area contributed by atoms with Crippen LogP contribution in [0.15, 0.2) is 28.9 Å². The summed E-state index contributed by atoms with van der Waals surface area (Å²) in [6, 6.07) is 6.72. The lowest BCUT2D eigenvalue weighted by atomic mass is 10.2. The lowest BCUT2D eigenvalue weighted by molar-refractivity contribution is 0.0942. The van der Waals surface area contributed by atoms with Crippen LogP contribution >= 0.6 is 0 Å². The van der Waals surface area contributed by atoms with E-state index in [0.717, 1.165) is 5.69 Å². The largest absolute Gasteiger partial charge is 0.359 e. The van der Waals surface area contributed by atoms with Crippen molar-refractivity contribution in [2.45, 2.75) is 13.5 Å². The van der Waals surface area contributed by atoms with Gasteiger partial charge in [-0.15, -0.1) is 0 Å². The fraction of sp³-hybridized carbons (Fsp3) is 0.167. The molecular weight excluding hydrogens is 232 g/mol. The third-order valence-corrected chi connectivity index (χ3v) is 2.23. The molecule has 2 aromatic heterocycles. The van der Waals surface area contributed by atoms with Crippen LogP contribution < -0.4 is 5.32 Å². The Kier molecular flexibility index (Phi) is 3.34. The average Bonchev–Trinajstić information content (AvgIpc) is 2.82. The maximum atomic E-state index is 11.7. The van der Waals surface area contributed by atoms with E-state index in [4.69, 9.17) is 9.78 Å². The second-order valence-corrected chi connectivity index (χ2v) is 3.66. The van der Waals surface area contributed by atoms with E-state index < -0.39 is 0 Å². The van der Waals surface area contributed by atoms with Gasteiger partial charge >= 0.3 is 0 Å². The Labute approximate surface area is 103 Å². The number of nitrogens with zero attached hydrogens (tertiary/aromatic N) is 3. The van der Waals surface area contributed by atoms with E-state index >= 15 is 0 Å². The van der Waals surface area contributed by atoms with Gasteiger partial charge in [0.05, 0.1) is 17.8 Å². The molecule has 0 aliphatic carbocycles. The van der Waals surface area contributed by atoms with Crippen LogP contribution in [-0.2, 0) is 6.54 Å². The van der Waals surface area contributed by atoms with E-state index in [2.05, 4.69) is 15.5 Å². The van der Waals surface area contributed by atoms with E-state index in [1.165, 1.54) is 12.3 Å². The topological polar surface area (TPSA) is 91.8 Å². The third-order valence-electron chi connectivity index (χ3n) is 2.23. The normalized spacial score (nSPS) is 9.78. The zero-order chi connectivity index (χ0) is 13.0. The lowest BCUT2D eigenvalue weighted by Gasteiger charge is -2.01. The molecule has 1 N–H and O–H groups in total. The molecule has 90 valence electrons. The number of amides is 1. The lowest BCUT2D eigenvalue weighted by Crippen LogP contribution is -2.23. The fourth-order valence-corrected chi connectivity index (χ4v) is 1.35. The van der Waals surface area contributed by atoms with Crippen LogP contribution in [0.4, 0.5) is 0 Å². The van der Waals surface area contributed by atoms with E-state index in [9.17, 15) is 4.79 Å². The van der Waals surface area contributed by atoms with Crippen LogP contribution in [0.5, 0.6) is 0 Å². The number of hydrogen-bond acceptors (Lipinski definition) is 5. The molecule has 6 heteroatoms. The molecule has 0 unspecified atom stereocenters. The molecule has 0 radical (unpaired) electrons. The number of nitriles is 1. The van der Waals surface area contributed by atoms with Crippen molar-refractivity contribution in [2.24, 2.45) is 0 Å². The molecule has 0 aromatic carbocycles. The molecule has 18 heavy (non-hydrogen) atoms. The van der Waals surface area contributed by atoms with Crippen molar-refractivity contribution in [1.82, 2.24) is 15.5 Å². The van der Waals surface area contributed by atoms with Gasteiger partial charge < -0.3 is 9.84 Å². The van der Waals surface area contributed by atoms with E-state index in [1.807, 2.05) is 6.07 Å². The Morgan fingerprint density at radius 1 is 1.56 bits per heavy atom. The highest BCUT2D eigenvalue weighted by Gasteiger charge is 2.08. The Bertz CT molecular complexity index is 595. The van der Waals surface area contributed by atoms with Crippen LogP contribution in [-0.4, -0.2) is 16.0 Å². The molecule has 2 heterocycles. The minimum Gasteiger partial charge on any atom is -0.359 e. The molecule has 6 nitrogen and oxygen atoms in total. The Balaban J connectivity index is 1.97. The molecule has 0 spiro atoms. The summed E-state index contributed by atoms with van der Waals surface area (Å²) in [5, 5.41) is 15.0.